The van der Waals surface area contributed by atoms with E-state index in [-0.39, 0.29) is 19.1 Å². The predicted molar refractivity (Wildman–Crippen MR) is 108 cm³/mol. The maximum Gasteiger partial charge on any atom is 0.414 e. The van der Waals surface area contributed by atoms with E-state index in [1.54, 1.807) is 23.9 Å². The van der Waals surface area contributed by atoms with Crippen molar-refractivity contribution in [1.29, 1.82) is 0 Å². The minimum Gasteiger partial charge on any atom is -0.442 e. The Morgan fingerprint density at radius 1 is 1.25 bits per heavy atom. The number of hydrogen-bond donors (Lipinski definition) is 2. The van der Waals surface area contributed by atoms with Crippen molar-refractivity contribution in [2.24, 2.45) is 0 Å². The van der Waals surface area contributed by atoms with Gasteiger partial charge in [-0.3, -0.25) is 4.90 Å². The van der Waals surface area contributed by atoms with Gasteiger partial charge in [-0.1, -0.05) is 12.1 Å². The van der Waals surface area contributed by atoms with Crippen LogP contribution in [0.3, 0.4) is 0 Å². The first kappa shape index (κ1) is 20.0. The number of ether oxygens (including phenoxy) is 1. The van der Waals surface area contributed by atoms with Gasteiger partial charge >= 0.3 is 12.1 Å². The highest BCUT2D eigenvalue weighted by Gasteiger charge is 2.32. The van der Waals surface area contributed by atoms with Gasteiger partial charge in [-0.2, -0.15) is 0 Å². The Balaban J connectivity index is 1.69. The molecule has 2 aromatic carbocycles. The number of halogens is 1. The molecule has 0 aliphatic carbocycles. The molecule has 1 heterocycles. The van der Waals surface area contributed by atoms with Crippen LogP contribution < -0.4 is 15.5 Å². The first-order valence-electron chi connectivity index (χ1n) is 8.95. The van der Waals surface area contributed by atoms with Gasteiger partial charge in [-0.05, 0) is 49.1 Å². The van der Waals surface area contributed by atoms with E-state index in [9.17, 15) is 14.0 Å². The molecule has 1 aliphatic rings. The second-order valence-electron chi connectivity index (χ2n) is 6.25. The average Bonchev–Trinajstić information content (AvgIpc) is 3.07. The minimum atomic E-state index is -0.556. The van der Waals surface area contributed by atoms with E-state index in [1.165, 1.54) is 11.0 Å². The SMILES string of the molecule is CCNC(=O)NCC1CN(c2ccc(-c3ccc(SC)cc3)c(F)c2)C(=O)O1. The number of carbonyl (C=O) groups excluding carboxylic acids is 2. The minimum absolute atomic E-state index is 0.191. The van der Waals surface area contributed by atoms with Gasteiger partial charge in [0.05, 0.1) is 18.8 Å². The summed E-state index contributed by atoms with van der Waals surface area (Å²) in [5.41, 5.74) is 1.67. The number of cyclic esters (lactones) is 1. The number of nitrogens with one attached hydrogen (secondary N) is 2. The maximum absolute atomic E-state index is 14.7. The van der Waals surface area contributed by atoms with Crippen molar-refractivity contribution < 1.29 is 18.7 Å². The van der Waals surface area contributed by atoms with Crippen molar-refractivity contribution in [1.82, 2.24) is 10.6 Å². The quantitative estimate of drug-likeness (QED) is 0.719. The predicted octanol–water partition coefficient (Wildman–Crippen LogP) is 3.86. The van der Waals surface area contributed by atoms with E-state index >= 15 is 0 Å². The molecule has 0 saturated carbocycles. The van der Waals surface area contributed by atoms with Gasteiger partial charge < -0.3 is 15.4 Å². The van der Waals surface area contributed by atoms with E-state index in [0.717, 1.165) is 10.5 Å². The van der Waals surface area contributed by atoms with Crippen molar-refractivity contribution >= 4 is 29.6 Å². The number of hydrogen-bond acceptors (Lipinski definition) is 4. The molecule has 1 aliphatic heterocycles. The van der Waals surface area contributed by atoms with Crippen molar-refractivity contribution in [2.45, 2.75) is 17.9 Å². The van der Waals surface area contributed by atoms with Crippen LogP contribution in [0.25, 0.3) is 11.1 Å². The molecule has 0 radical (unpaired) electrons. The van der Waals surface area contributed by atoms with Gasteiger partial charge in [-0.15, -0.1) is 11.8 Å². The molecule has 0 bridgehead atoms. The molecule has 0 aromatic heterocycles. The molecule has 1 atom stereocenters. The lowest BCUT2D eigenvalue weighted by atomic mass is 10.0. The zero-order valence-electron chi connectivity index (χ0n) is 15.7. The Morgan fingerprint density at radius 2 is 2.00 bits per heavy atom. The molecule has 1 saturated heterocycles. The van der Waals surface area contributed by atoms with Crippen LogP contribution >= 0.6 is 11.8 Å². The lowest BCUT2D eigenvalue weighted by molar-refractivity contribution is 0.140. The smallest absolute Gasteiger partial charge is 0.414 e. The number of thioether (sulfide) groups is 1. The fourth-order valence-electron chi connectivity index (χ4n) is 2.94. The zero-order chi connectivity index (χ0) is 20.1. The summed E-state index contributed by atoms with van der Waals surface area (Å²) in [5.74, 6) is -0.411. The molecule has 1 unspecified atom stereocenters. The molecular formula is C20H22FN3O3S. The molecule has 2 N–H and O–H groups in total. The molecule has 1 fully saturated rings. The van der Waals surface area contributed by atoms with Gasteiger partial charge in [0, 0.05) is 17.0 Å². The van der Waals surface area contributed by atoms with Crippen LogP contribution in [0, 0.1) is 5.82 Å². The lowest BCUT2D eigenvalue weighted by Gasteiger charge is -2.15. The van der Waals surface area contributed by atoms with Crippen LogP contribution in [-0.2, 0) is 4.74 Å². The third-order valence-electron chi connectivity index (χ3n) is 4.37. The second kappa shape index (κ2) is 8.97. The highest BCUT2D eigenvalue weighted by Crippen LogP contribution is 2.30. The van der Waals surface area contributed by atoms with Crippen molar-refractivity contribution in [3.05, 3.63) is 48.3 Å². The summed E-state index contributed by atoms with van der Waals surface area (Å²) in [7, 11) is 0. The highest BCUT2D eigenvalue weighted by molar-refractivity contribution is 7.98. The number of benzene rings is 2. The first-order chi connectivity index (χ1) is 13.5. The first-order valence-corrected chi connectivity index (χ1v) is 10.2. The summed E-state index contributed by atoms with van der Waals surface area (Å²) in [6.45, 7) is 2.75. The van der Waals surface area contributed by atoms with Gasteiger partial charge in [0.2, 0.25) is 0 Å². The fourth-order valence-corrected chi connectivity index (χ4v) is 3.35. The van der Waals surface area contributed by atoms with Crippen LogP contribution in [-0.4, -0.2) is 44.1 Å². The summed E-state index contributed by atoms with van der Waals surface area (Å²) in [6.07, 6.45) is 0.939. The summed E-state index contributed by atoms with van der Waals surface area (Å²) >= 11 is 1.62. The Morgan fingerprint density at radius 3 is 2.64 bits per heavy atom. The van der Waals surface area contributed by atoms with Gasteiger partial charge in [0.15, 0.2) is 0 Å². The number of rotatable bonds is 6. The lowest BCUT2D eigenvalue weighted by Crippen LogP contribution is -2.40. The largest absolute Gasteiger partial charge is 0.442 e. The van der Waals surface area contributed by atoms with Crippen molar-refractivity contribution in [2.75, 3.05) is 30.8 Å². The van der Waals surface area contributed by atoms with E-state index < -0.39 is 18.0 Å². The van der Waals surface area contributed by atoms with Crippen LogP contribution in [0.2, 0.25) is 0 Å². The topological polar surface area (TPSA) is 70.7 Å². The monoisotopic (exact) mass is 403 g/mol. The normalized spacial score (nSPS) is 16.0. The van der Waals surface area contributed by atoms with E-state index in [1.807, 2.05) is 37.4 Å². The van der Waals surface area contributed by atoms with Crippen LogP contribution in [0.5, 0.6) is 0 Å². The average molecular weight is 403 g/mol. The van der Waals surface area contributed by atoms with Crippen LogP contribution in [0.1, 0.15) is 6.92 Å². The third kappa shape index (κ3) is 4.56. The Bertz CT molecular complexity index is 860. The highest BCUT2D eigenvalue weighted by atomic mass is 32.2. The van der Waals surface area contributed by atoms with Crippen LogP contribution in [0.4, 0.5) is 19.7 Å². The standard InChI is InChI=1S/C20H22FN3O3S/c1-3-22-19(25)23-11-15-12-24(20(26)27-15)14-6-9-17(18(21)10-14)13-4-7-16(28-2)8-5-13/h4-10,15H,3,11-12H2,1-2H3,(H2,22,23,25). The molecule has 148 valence electrons. The van der Waals surface area contributed by atoms with Gasteiger partial charge in [0.25, 0.3) is 0 Å². The summed E-state index contributed by atoms with van der Waals surface area (Å²) in [6, 6.07) is 12.0. The van der Waals surface area contributed by atoms with Gasteiger partial charge in [0.1, 0.15) is 11.9 Å². The zero-order valence-corrected chi connectivity index (χ0v) is 16.5. The fraction of sp³-hybridized carbons (Fsp3) is 0.300. The molecule has 0 spiro atoms. The van der Waals surface area contributed by atoms with Crippen molar-refractivity contribution in [3.63, 3.8) is 0 Å². The van der Waals surface area contributed by atoms with Crippen LogP contribution in [0.15, 0.2) is 47.4 Å². The van der Waals surface area contributed by atoms with Gasteiger partial charge in [-0.25, -0.2) is 14.0 Å². The molecule has 2 aromatic rings. The number of amides is 3. The Kier molecular flexibility index (Phi) is 6.41. The molecule has 6 nitrogen and oxygen atoms in total. The molecule has 8 heteroatoms. The Labute approximate surface area is 167 Å². The number of anilines is 1. The van der Waals surface area contributed by atoms with E-state index in [4.69, 9.17) is 4.74 Å². The third-order valence-corrected chi connectivity index (χ3v) is 5.11. The second-order valence-corrected chi connectivity index (χ2v) is 7.13. The molecule has 3 rings (SSSR count). The summed E-state index contributed by atoms with van der Waals surface area (Å²) in [4.78, 5) is 26.1. The molecular weight excluding hydrogens is 381 g/mol. The Hall–Kier alpha value is -2.74. The summed E-state index contributed by atoms with van der Waals surface area (Å²) in [5, 5.41) is 5.24. The number of urea groups is 1. The van der Waals surface area contributed by atoms with Crippen molar-refractivity contribution in [3.8, 4) is 11.1 Å². The number of carbonyl (C=O) groups is 2. The van der Waals surface area contributed by atoms with E-state index in [2.05, 4.69) is 10.6 Å². The molecule has 28 heavy (non-hydrogen) atoms. The number of nitrogens with zero attached hydrogens (tertiary/aromatic N) is 1. The maximum atomic E-state index is 14.7. The summed E-state index contributed by atoms with van der Waals surface area (Å²) < 4.78 is 19.9. The molecule has 3 amide bonds. The van der Waals surface area contributed by atoms with E-state index in [0.29, 0.717) is 17.8 Å².